The van der Waals surface area contributed by atoms with Crippen molar-refractivity contribution in [3.05, 3.63) is 109 Å². The van der Waals surface area contributed by atoms with Crippen molar-refractivity contribution in [2.45, 2.75) is 56.0 Å². The molecule has 0 atom stereocenters. The van der Waals surface area contributed by atoms with E-state index in [1.165, 1.54) is 49.6 Å². The predicted molar refractivity (Wildman–Crippen MR) is 224 cm³/mol. The molecule has 2 aliphatic heterocycles. The van der Waals surface area contributed by atoms with Gasteiger partial charge in [0.1, 0.15) is 31.4 Å². The third-order valence-corrected chi connectivity index (χ3v) is 11.4. The maximum absolute atomic E-state index is 15.6. The van der Waals surface area contributed by atoms with Crippen LogP contribution in [0.3, 0.4) is 0 Å². The zero-order chi connectivity index (χ0) is 45.0. The molecule has 0 amide bonds. The molecule has 9 rings (SSSR count). The van der Waals surface area contributed by atoms with Crippen LogP contribution in [0.25, 0.3) is 22.5 Å². The highest BCUT2D eigenvalue weighted by Crippen LogP contribution is 2.43. The average molecular weight is 875 g/mol. The number of aromatic nitrogens is 10. The Morgan fingerprint density at radius 3 is 1.59 bits per heavy atom. The summed E-state index contributed by atoms with van der Waals surface area (Å²) in [5.41, 5.74) is 0.695. The second kappa shape index (κ2) is 18.1. The lowest BCUT2D eigenvalue weighted by molar-refractivity contribution is 0.109. The van der Waals surface area contributed by atoms with Crippen molar-refractivity contribution in [2.75, 3.05) is 42.6 Å². The quantitative estimate of drug-likeness (QED) is 0.0770. The van der Waals surface area contributed by atoms with Crippen molar-refractivity contribution in [2.24, 2.45) is 14.1 Å². The van der Waals surface area contributed by atoms with E-state index in [4.69, 9.17) is 9.47 Å². The lowest BCUT2D eigenvalue weighted by atomic mass is 9.91. The Morgan fingerprint density at radius 2 is 1.19 bits per heavy atom. The number of hydrogen-bond acceptors (Lipinski definition) is 14. The molecule has 0 unspecified atom stereocenters. The number of ether oxygens (including phenoxy) is 2. The van der Waals surface area contributed by atoms with E-state index in [0.29, 0.717) is 77.0 Å². The molecule has 1 saturated carbocycles. The normalized spacial score (nSPS) is 16.5. The van der Waals surface area contributed by atoms with Crippen molar-refractivity contribution in [1.82, 2.24) is 49.5 Å². The monoisotopic (exact) mass is 874 g/mol. The van der Waals surface area contributed by atoms with Crippen LogP contribution in [0.15, 0.2) is 74.4 Å². The van der Waals surface area contributed by atoms with E-state index >= 15 is 8.78 Å². The maximum Gasteiger partial charge on any atom is 0.255 e. The lowest BCUT2D eigenvalue weighted by Crippen LogP contribution is -2.42. The fraction of sp³-hybridized carbons (Fsp3) is 0.364. The van der Waals surface area contributed by atoms with E-state index in [1.807, 2.05) is 9.80 Å². The van der Waals surface area contributed by atoms with Crippen molar-refractivity contribution < 1.29 is 27.0 Å². The van der Waals surface area contributed by atoms with Crippen LogP contribution in [0.1, 0.15) is 61.3 Å². The minimum atomic E-state index is -1.61. The van der Waals surface area contributed by atoms with Crippen LogP contribution in [0.5, 0.6) is 11.5 Å². The average Bonchev–Trinajstić information content (AvgIpc) is 3.84. The Balaban J connectivity index is 0.000000175. The van der Waals surface area contributed by atoms with E-state index in [-0.39, 0.29) is 55.7 Å². The summed E-state index contributed by atoms with van der Waals surface area (Å²) in [4.78, 5) is 20.4. The van der Waals surface area contributed by atoms with Gasteiger partial charge in [-0.2, -0.15) is 19.3 Å². The van der Waals surface area contributed by atoms with Gasteiger partial charge >= 0.3 is 0 Å². The molecule has 6 aromatic rings. The molecule has 0 bridgehead atoms. The van der Waals surface area contributed by atoms with Gasteiger partial charge in [0.25, 0.3) is 11.9 Å². The molecule has 0 radical (unpaired) electrons. The van der Waals surface area contributed by atoms with E-state index in [1.54, 1.807) is 41.4 Å². The molecule has 3 aliphatic rings. The number of nitriles is 2. The largest absolute Gasteiger partial charge is 0.486 e. The maximum atomic E-state index is 15.6. The minimum Gasteiger partial charge on any atom is -0.486 e. The highest BCUT2D eigenvalue weighted by molar-refractivity contribution is 5.81. The summed E-state index contributed by atoms with van der Waals surface area (Å²) >= 11 is 0. The standard InChI is InChI=1S/2C22H21F2N7O/c1-30-13-28-29-21(30)22(24)5-8-31(9-6-22)19-14(11-25)4-7-26-18(19)15-10-17(20(23)27-12-15)32-16-2-3-16;1-3-10-32-17-11-16(13-27-20(17)23)18-19(15(12-25)4-7-26-18)31-8-5-22(24,6-9-31)21-29-28-14-30(21)2/h4,7,10,12-13,16H,2-3,5-6,8-9H2,1H3;3-4,7,11,13-14H,1,5-6,8-10H2,2H3. The van der Waals surface area contributed by atoms with Crippen molar-refractivity contribution in [3.63, 3.8) is 0 Å². The minimum absolute atomic E-state index is 0.0137. The first-order valence-electron chi connectivity index (χ1n) is 20.5. The Hall–Kier alpha value is -7.48. The fourth-order valence-electron chi connectivity index (χ4n) is 7.96. The first-order valence-corrected chi connectivity index (χ1v) is 20.5. The predicted octanol–water partition coefficient (Wildman–Crippen LogP) is 6.60. The Bertz CT molecular complexity index is 2740. The van der Waals surface area contributed by atoms with Crippen LogP contribution in [0, 0.1) is 34.6 Å². The van der Waals surface area contributed by atoms with E-state index < -0.39 is 23.2 Å². The first kappa shape index (κ1) is 43.2. The molecule has 0 aromatic carbocycles. The van der Waals surface area contributed by atoms with Gasteiger partial charge in [0, 0.05) is 102 Å². The summed E-state index contributed by atoms with van der Waals surface area (Å²) in [7, 11) is 3.43. The number of pyridine rings is 4. The summed E-state index contributed by atoms with van der Waals surface area (Å²) in [6, 6.07) is 10.7. The molecule has 0 N–H and O–H groups in total. The number of halogens is 4. The van der Waals surface area contributed by atoms with E-state index in [2.05, 4.69) is 59.0 Å². The molecule has 0 spiro atoms. The van der Waals surface area contributed by atoms with Gasteiger partial charge in [-0.25, -0.2) is 18.7 Å². The first-order chi connectivity index (χ1) is 30.9. The zero-order valence-electron chi connectivity index (χ0n) is 35.0. The second-order valence-electron chi connectivity index (χ2n) is 15.7. The van der Waals surface area contributed by atoms with Gasteiger partial charge in [-0.05, 0) is 37.1 Å². The summed E-state index contributed by atoms with van der Waals surface area (Å²) in [5, 5.41) is 34.9. The van der Waals surface area contributed by atoms with Gasteiger partial charge in [0.05, 0.1) is 40.0 Å². The lowest BCUT2D eigenvalue weighted by Gasteiger charge is -2.37. The highest BCUT2D eigenvalue weighted by atomic mass is 19.2. The second-order valence-corrected chi connectivity index (χ2v) is 15.7. The zero-order valence-corrected chi connectivity index (χ0v) is 35.0. The Morgan fingerprint density at radius 1 is 0.734 bits per heavy atom. The van der Waals surface area contributed by atoms with Crippen molar-refractivity contribution in [3.8, 4) is 46.2 Å². The fourth-order valence-corrected chi connectivity index (χ4v) is 7.96. The number of alkyl halides is 2. The summed E-state index contributed by atoms with van der Waals surface area (Å²) in [5.74, 6) is -0.811. The van der Waals surface area contributed by atoms with Crippen LogP contribution in [0.4, 0.5) is 28.9 Å². The van der Waals surface area contributed by atoms with Gasteiger partial charge in [-0.1, -0.05) is 12.7 Å². The number of nitrogens with zero attached hydrogens (tertiary/aromatic N) is 14. The summed E-state index contributed by atoms with van der Waals surface area (Å²) in [6.07, 6.45) is 12.7. The van der Waals surface area contributed by atoms with Gasteiger partial charge in [-0.15, -0.1) is 20.4 Å². The van der Waals surface area contributed by atoms with Crippen molar-refractivity contribution in [1.29, 1.82) is 10.5 Å². The third kappa shape index (κ3) is 8.76. The van der Waals surface area contributed by atoms with Gasteiger partial charge in [0.2, 0.25) is 0 Å². The smallest absolute Gasteiger partial charge is 0.255 e. The van der Waals surface area contributed by atoms with Gasteiger partial charge in [-0.3, -0.25) is 9.97 Å². The summed E-state index contributed by atoms with van der Waals surface area (Å²) in [6.45, 7) is 5.07. The highest BCUT2D eigenvalue weighted by Gasteiger charge is 2.42. The molecule has 6 aromatic heterocycles. The number of rotatable bonds is 11. The number of aryl methyl sites for hydroxylation is 2. The third-order valence-electron chi connectivity index (χ3n) is 11.4. The molecular formula is C44H42F4N14O2. The molecule has 64 heavy (non-hydrogen) atoms. The Kier molecular flexibility index (Phi) is 12.2. The molecule has 1 aliphatic carbocycles. The number of hydrogen-bond donors (Lipinski definition) is 0. The number of piperidine rings is 2. The van der Waals surface area contributed by atoms with Crippen molar-refractivity contribution >= 4 is 11.4 Å². The molecular weight excluding hydrogens is 833 g/mol. The van der Waals surface area contributed by atoms with Crippen LogP contribution in [0.2, 0.25) is 0 Å². The van der Waals surface area contributed by atoms with E-state index in [0.717, 1.165) is 12.8 Å². The van der Waals surface area contributed by atoms with Crippen LogP contribution < -0.4 is 19.3 Å². The molecule has 3 fully saturated rings. The van der Waals surface area contributed by atoms with Crippen LogP contribution in [-0.4, -0.2) is 88.4 Å². The molecule has 2 saturated heterocycles. The topological polar surface area (TPSA) is 185 Å². The van der Waals surface area contributed by atoms with Crippen LogP contribution >= 0.6 is 0 Å². The van der Waals surface area contributed by atoms with Gasteiger partial charge in [0.15, 0.2) is 34.5 Å². The van der Waals surface area contributed by atoms with E-state index in [9.17, 15) is 19.3 Å². The molecule has 16 nitrogen and oxygen atoms in total. The molecule has 20 heteroatoms. The Labute approximate surface area is 365 Å². The SMILES string of the molecule is C=CCOc1cc(-c2nccc(C#N)c2N2CCC(F)(c3nncn3C)CC2)cnc1F.Cn1cnnc1C1(F)CCN(c2c(C#N)ccnc2-c2cnc(F)c(OC3CC3)c2)CC1. The van der Waals surface area contributed by atoms with Crippen LogP contribution in [-0.2, 0) is 25.4 Å². The number of anilines is 2. The molecule has 8 heterocycles. The summed E-state index contributed by atoms with van der Waals surface area (Å²) < 4.78 is 73.6. The van der Waals surface area contributed by atoms with Gasteiger partial charge < -0.3 is 28.4 Å². The molecule has 328 valence electrons.